The molecule has 0 radical (unpaired) electrons. The average Bonchev–Trinajstić information content (AvgIpc) is 1.33. The summed E-state index contributed by atoms with van der Waals surface area (Å²) >= 11 is 0. The molecule has 0 heterocycles. The highest BCUT2D eigenvalue weighted by Gasteiger charge is 1.65. The number of allylic oxidation sites excluding steroid dienone is 1. The molecule has 0 unspecified atom stereocenters. The molecule has 0 aliphatic heterocycles. The van der Waals surface area contributed by atoms with Crippen molar-refractivity contribution in [2.24, 2.45) is 5.73 Å². The first-order valence-corrected chi connectivity index (χ1v) is 1.70. The zero-order valence-corrected chi connectivity index (χ0v) is 4.22. The molecule has 3 heteroatoms. The van der Waals surface area contributed by atoms with Crippen molar-refractivity contribution in [1.82, 2.24) is 0 Å². The fourth-order valence-electron chi connectivity index (χ4n) is 0. The van der Waals surface area contributed by atoms with Crippen molar-refractivity contribution in [1.29, 1.82) is 0 Å². The van der Waals surface area contributed by atoms with E-state index in [0.29, 0.717) is 0 Å². The maximum atomic E-state index is 8.78. The molecule has 0 rings (SSSR count). The van der Waals surface area contributed by atoms with Gasteiger partial charge in [-0.3, -0.25) is 0 Å². The standard InChI is InChI=1S/C3H6.CH3NO2/c1-3-2;2-1(3)4/h3H,1H2,2H3;2H2,(H,3,4). The van der Waals surface area contributed by atoms with Crippen LogP contribution in [-0.2, 0) is 0 Å². The molecule has 0 aromatic carbocycles. The minimum atomic E-state index is -1.33. The number of carboxylic acid groups (broad SMARTS) is 1. The quantitative estimate of drug-likeness (QED) is 0.446. The Morgan fingerprint density at radius 1 is 2.00 bits per heavy atom. The lowest BCUT2D eigenvalue weighted by molar-refractivity contribution is 0.205. The second-order valence-corrected chi connectivity index (χ2v) is 0.746. The first-order chi connectivity index (χ1) is 3.15. The number of carbonyl (C=O) groups is 1. The molecule has 0 bridgehead atoms. The van der Waals surface area contributed by atoms with E-state index in [4.69, 9.17) is 9.90 Å². The first-order valence-electron chi connectivity index (χ1n) is 1.70. The Morgan fingerprint density at radius 3 is 2.00 bits per heavy atom. The molecule has 0 aliphatic carbocycles. The second kappa shape index (κ2) is 8.89. The van der Waals surface area contributed by atoms with Crippen LogP contribution in [0.1, 0.15) is 6.92 Å². The number of nitrogens with two attached hydrogens (primary N) is 1. The van der Waals surface area contributed by atoms with E-state index >= 15 is 0 Å². The minimum absolute atomic E-state index is 1.33. The van der Waals surface area contributed by atoms with E-state index in [9.17, 15) is 0 Å². The summed E-state index contributed by atoms with van der Waals surface area (Å²) in [5.74, 6) is 0. The molecule has 0 saturated carbocycles. The van der Waals surface area contributed by atoms with Gasteiger partial charge in [0.2, 0.25) is 0 Å². The van der Waals surface area contributed by atoms with Crippen molar-refractivity contribution in [3.05, 3.63) is 12.7 Å². The fraction of sp³-hybridized carbons (Fsp3) is 0.250. The Balaban J connectivity index is 0. The molecule has 0 spiro atoms. The van der Waals surface area contributed by atoms with E-state index in [2.05, 4.69) is 12.3 Å². The van der Waals surface area contributed by atoms with Gasteiger partial charge in [0.05, 0.1) is 0 Å². The van der Waals surface area contributed by atoms with E-state index in [0.717, 1.165) is 0 Å². The van der Waals surface area contributed by atoms with E-state index < -0.39 is 6.09 Å². The largest absolute Gasteiger partial charge is 0.465 e. The van der Waals surface area contributed by atoms with E-state index in [1.165, 1.54) is 0 Å². The Hall–Kier alpha value is -0.990. The molecule has 7 heavy (non-hydrogen) atoms. The molecule has 3 N–H and O–H groups in total. The Labute approximate surface area is 42.4 Å². The van der Waals surface area contributed by atoms with E-state index in [1.807, 2.05) is 6.92 Å². The summed E-state index contributed by atoms with van der Waals surface area (Å²) in [5, 5.41) is 7.19. The van der Waals surface area contributed by atoms with Crippen molar-refractivity contribution >= 4 is 6.09 Å². The van der Waals surface area contributed by atoms with Gasteiger partial charge in [-0.1, -0.05) is 6.08 Å². The van der Waals surface area contributed by atoms with Crippen molar-refractivity contribution < 1.29 is 9.90 Å². The summed E-state index contributed by atoms with van der Waals surface area (Å²) in [5.41, 5.74) is 4.03. The monoisotopic (exact) mass is 103 g/mol. The van der Waals surface area contributed by atoms with Crippen molar-refractivity contribution in [2.45, 2.75) is 6.92 Å². The lowest BCUT2D eigenvalue weighted by atomic mass is 10.8. The van der Waals surface area contributed by atoms with E-state index in [-0.39, 0.29) is 0 Å². The van der Waals surface area contributed by atoms with Crippen LogP contribution in [0.5, 0.6) is 0 Å². The third-order valence-corrected chi connectivity index (χ3v) is 0. The summed E-state index contributed by atoms with van der Waals surface area (Å²) in [7, 11) is 0. The average molecular weight is 103 g/mol. The molecule has 0 aromatic heterocycles. The minimum Gasteiger partial charge on any atom is -0.465 e. The van der Waals surface area contributed by atoms with Gasteiger partial charge in [-0.15, -0.1) is 6.58 Å². The lowest BCUT2D eigenvalue weighted by Gasteiger charge is -1.61. The van der Waals surface area contributed by atoms with Gasteiger partial charge in [-0.2, -0.15) is 0 Å². The maximum Gasteiger partial charge on any atom is 0.402 e. The normalized spacial score (nSPS) is 5.29. The number of hydrogen-bond acceptors (Lipinski definition) is 1. The van der Waals surface area contributed by atoms with Gasteiger partial charge in [0.25, 0.3) is 0 Å². The molecular formula is C4H9NO2. The predicted octanol–water partition coefficient (Wildman–Crippen LogP) is 0.815. The highest BCUT2D eigenvalue weighted by Crippen LogP contribution is 1.38. The summed E-state index contributed by atoms with van der Waals surface area (Å²) in [6.07, 6.45) is 0.417. The molecule has 0 saturated heterocycles. The van der Waals surface area contributed by atoms with Crippen molar-refractivity contribution in [2.75, 3.05) is 0 Å². The Bertz CT molecular complexity index is 56.7. The van der Waals surface area contributed by atoms with Gasteiger partial charge >= 0.3 is 6.09 Å². The fourth-order valence-corrected chi connectivity index (χ4v) is 0. The second-order valence-electron chi connectivity index (χ2n) is 0.746. The van der Waals surface area contributed by atoms with Gasteiger partial charge in [0.1, 0.15) is 0 Å². The van der Waals surface area contributed by atoms with Gasteiger partial charge in [0.15, 0.2) is 0 Å². The topological polar surface area (TPSA) is 63.3 Å². The van der Waals surface area contributed by atoms with Crippen LogP contribution in [0.2, 0.25) is 0 Å². The molecule has 0 atom stereocenters. The molecule has 0 aliphatic rings. The third-order valence-electron chi connectivity index (χ3n) is 0. The van der Waals surface area contributed by atoms with Crippen LogP contribution < -0.4 is 5.73 Å². The van der Waals surface area contributed by atoms with Gasteiger partial charge < -0.3 is 10.8 Å². The van der Waals surface area contributed by atoms with Crippen LogP contribution in [0.25, 0.3) is 0 Å². The molecular weight excluding hydrogens is 94.0 g/mol. The third kappa shape index (κ3) is 46.3. The van der Waals surface area contributed by atoms with Crippen molar-refractivity contribution in [3.8, 4) is 0 Å². The maximum absolute atomic E-state index is 8.78. The smallest absolute Gasteiger partial charge is 0.402 e. The number of primary amides is 1. The first kappa shape index (κ1) is 9.38. The zero-order valence-electron chi connectivity index (χ0n) is 4.22. The van der Waals surface area contributed by atoms with Crippen LogP contribution in [0, 0.1) is 0 Å². The highest BCUT2D eigenvalue weighted by molar-refractivity contribution is 5.61. The van der Waals surface area contributed by atoms with Crippen LogP contribution in [-0.4, -0.2) is 11.2 Å². The van der Waals surface area contributed by atoms with Gasteiger partial charge in [-0.05, 0) is 6.92 Å². The van der Waals surface area contributed by atoms with E-state index in [1.54, 1.807) is 6.08 Å². The summed E-state index contributed by atoms with van der Waals surface area (Å²) in [6.45, 7) is 5.25. The van der Waals surface area contributed by atoms with Crippen LogP contribution in [0.4, 0.5) is 4.79 Å². The number of hydrogen-bond donors (Lipinski definition) is 2. The SMILES string of the molecule is C=CC.NC(=O)O. The predicted molar refractivity (Wildman–Crippen MR) is 28.1 cm³/mol. The highest BCUT2D eigenvalue weighted by atomic mass is 16.4. The molecule has 42 valence electrons. The summed E-state index contributed by atoms with van der Waals surface area (Å²) in [6, 6.07) is 0. The van der Waals surface area contributed by atoms with Crippen LogP contribution >= 0.6 is 0 Å². The van der Waals surface area contributed by atoms with Crippen molar-refractivity contribution in [3.63, 3.8) is 0 Å². The van der Waals surface area contributed by atoms with Gasteiger partial charge in [-0.25, -0.2) is 4.79 Å². The zero-order chi connectivity index (χ0) is 6.28. The van der Waals surface area contributed by atoms with Gasteiger partial charge in [0, 0.05) is 0 Å². The molecule has 1 amide bonds. The Morgan fingerprint density at radius 2 is 2.00 bits per heavy atom. The van der Waals surface area contributed by atoms with Crippen LogP contribution in [0.3, 0.4) is 0 Å². The summed E-state index contributed by atoms with van der Waals surface area (Å²) in [4.78, 5) is 8.78. The molecule has 0 fully saturated rings. The molecule has 3 nitrogen and oxygen atoms in total. The Kier molecular flexibility index (Phi) is 11.9. The lowest BCUT2D eigenvalue weighted by Crippen LogP contribution is -2.03. The molecule has 0 aromatic rings. The van der Waals surface area contributed by atoms with Crippen LogP contribution in [0.15, 0.2) is 12.7 Å². The number of rotatable bonds is 0. The number of amides is 1. The summed E-state index contributed by atoms with van der Waals surface area (Å²) < 4.78 is 0.